The van der Waals surface area contributed by atoms with Gasteiger partial charge in [0.1, 0.15) is 5.69 Å². The molecular formula is C27H26N4O3. The van der Waals surface area contributed by atoms with Crippen LogP contribution in [0.5, 0.6) is 11.5 Å². The first-order valence-electron chi connectivity index (χ1n) is 10.9. The van der Waals surface area contributed by atoms with E-state index in [-0.39, 0.29) is 5.91 Å². The van der Waals surface area contributed by atoms with E-state index in [0.717, 1.165) is 28.2 Å². The smallest absolute Gasteiger partial charge is 0.244 e. The van der Waals surface area contributed by atoms with Crippen molar-refractivity contribution in [1.82, 2.24) is 20.1 Å². The summed E-state index contributed by atoms with van der Waals surface area (Å²) < 4.78 is 12.6. The summed E-state index contributed by atoms with van der Waals surface area (Å²) in [5.74, 6) is 1.07. The largest absolute Gasteiger partial charge is 0.493 e. The molecule has 0 saturated heterocycles. The molecule has 4 aromatic rings. The molecule has 0 aliphatic rings. The number of hydrogen-bond acceptors (Lipinski definition) is 5. The van der Waals surface area contributed by atoms with Crippen LogP contribution in [0.4, 0.5) is 0 Å². The van der Waals surface area contributed by atoms with Crippen molar-refractivity contribution in [1.29, 1.82) is 0 Å². The van der Waals surface area contributed by atoms with Crippen LogP contribution in [0, 0.1) is 0 Å². The lowest BCUT2D eigenvalue weighted by atomic mass is 10.1. The monoisotopic (exact) mass is 454 g/mol. The van der Waals surface area contributed by atoms with Crippen molar-refractivity contribution >= 4 is 12.0 Å². The van der Waals surface area contributed by atoms with Crippen LogP contribution in [0.25, 0.3) is 23.0 Å². The van der Waals surface area contributed by atoms with Gasteiger partial charge in [0.25, 0.3) is 0 Å². The van der Waals surface area contributed by atoms with Crippen LogP contribution >= 0.6 is 0 Å². The zero-order chi connectivity index (χ0) is 23.8. The summed E-state index contributed by atoms with van der Waals surface area (Å²) in [6.07, 6.45) is 7.61. The molecule has 2 heterocycles. The third-order valence-electron chi connectivity index (χ3n) is 5.24. The predicted octanol–water partition coefficient (Wildman–Crippen LogP) is 4.32. The number of ether oxygens (including phenoxy) is 2. The molecule has 1 N–H and O–H groups in total. The molecule has 0 radical (unpaired) electrons. The number of aromatic nitrogens is 3. The lowest BCUT2D eigenvalue weighted by molar-refractivity contribution is -0.116. The van der Waals surface area contributed by atoms with Gasteiger partial charge in [-0.05, 0) is 48.5 Å². The van der Waals surface area contributed by atoms with E-state index < -0.39 is 0 Å². The molecule has 2 aromatic heterocycles. The van der Waals surface area contributed by atoms with Crippen LogP contribution in [0.1, 0.15) is 11.3 Å². The van der Waals surface area contributed by atoms with Gasteiger partial charge in [0.2, 0.25) is 5.91 Å². The van der Waals surface area contributed by atoms with Crippen LogP contribution in [0.2, 0.25) is 0 Å². The topological polar surface area (TPSA) is 78.3 Å². The normalized spacial score (nSPS) is 10.9. The fraction of sp³-hybridized carbons (Fsp3) is 0.148. The van der Waals surface area contributed by atoms with Crippen LogP contribution in [0.15, 0.2) is 85.2 Å². The highest BCUT2D eigenvalue weighted by Gasteiger charge is 2.14. The Balaban J connectivity index is 1.58. The van der Waals surface area contributed by atoms with Crippen LogP contribution < -0.4 is 14.8 Å². The number of carbonyl (C=O) groups excluding carboxylic acids is 1. The molecular weight excluding hydrogens is 428 g/mol. The molecule has 0 bridgehead atoms. The van der Waals surface area contributed by atoms with Gasteiger partial charge >= 0.3 is 0 Å². The van der Waals surface area contributed by atoms with E-state index in [9.17, 15) is 4.79 Å². The maximum Gasteiger partial charge on any atom is 0.244 e. The van der Waals surface area contributed by atoms with Crippen molar-refractivity contribution in [2.24, 2.45) is 0 Å². The zero-order valence-corrected chi connectivity index (χ0v) is 19.1. The minimum absolute atomic E-state index is 0.179. The summed E-state index contributed by atoms with van der Waals surface area (Å²) in [7, 11) is 3.20. The van der Waals surface area contributed by atoms with Gasteiger partial charge in [-0.15, -0.1) is 0 Å². The van der Waals surface area contributed by atoms with Crippen molar-refractivity contribution in [2.75, 3.05) is 20.8 Å². The van der Waals surface area contributed by atoms with E-state index in [4.69, 9.17) is 14.6 Å². The summed E-state index contributed by atoms with van der Waals surface area (Å²) in [5, 5.41) is 7.69. The van der Waals surface area contributed by atoms with Gasteiger partial charge in [-0.1, -0.05) is 24.3 Å². The number of nitrogens with zero attached hydrogens (tertiary/aromatic N) is 3. The number of nitrogens with one attached hydrogen (secondary N) is 1. The van der Waals surface area contributed by atoms with Crippen LogP contribution in [-0.4, -0.2) is 41.4 Å². The molecule has 0 unspecified atom stereocenters. The molecule has 7 nitrogen and oxygen atoms in total. The molecule has 4 rings (SSSR count). The van der Waals surface area contributed by atoms with E-state index >= 15 is 0 Å². The van der Waals surface area contributed by atoms with E-state index in [1.165, 1.54) is 6.08 Å². The first-order chi connectivity index (χ1) is 16.7. The van der Waals surface area contributed by atoms with Crippen molar-refractivity contribution in [2.45, 2.75) is 6.42 Å². The van der Waals surface area contributed by atoms with Gasteiger partial charge in [-0.2, -0.15) is 5.10 Å². The number of pyridine rings is 1. The van der Waals surface area contributed by atoms with Crippen LogP contribution in [0.3, 0.4) is 0 Å². The maximum absolute atomic E-state index is 12.4. The number of para-hydroxylation sites is 1. The SMILES string of the molecule is COc1ccc(-c2nn(-c3ccccc3)cc2/C=C/C(=O)NCCc2ccccn2)cc1OC. The summed E-state index contributed by atoms with van der Waals surface area (Å²) in [5.41, 5.74) is 4.23. The number of benzene rings is 2. The van der Waals surface area contributed by atoms with E-state index in [1.54, 1.807) is 31.2 Å². The second-order valence-corrected chi connectivity index (χ2v) is 7.48. The Hall–Kier alpha value is -4.39. The maximum atomic E-state index is 12.4. The fourth-order valence-electron chi connectivity index (χ4n) is 3.51. The lowest BCUT2D eigenvalue weighted by Gasteiger charge is -2.09. The first-order valence-corrected chi connectivity index (χ1v) is 10.9. The second kappa shape index (κ2) is 11.0. The Kier molecular flexibility index (Phi) is 7.35. The molecule has 1 amide bonds. The minimum atomic E-state index is -0.179. The highest BCUT2D eigenvalue weighted by atomic mass is 16.5. The Morgan fingerprint density at radius 3 is 2.53 bits per heavy atom. The molecule has 0 aliphatic carbocycles. The Morgan fingerprint density at radius 2 is 1.79 bits per heavy atom. The summed E-state index contributed by atoms with van der Waals surface area (Å²) in [6.45, 7) is 0.506. The van der Waals surface area contributed by atoms with Gasteiger partial charge < -0.3 is 14.8 Å². The Bertz CT molecular complexity index is 1270. The number of rotatable bonds is 9. The van der Waals surface area contributed by atoms with Crippen molar-refractivity contribution in [3.05, 3.63) is 96.5 Å². The average Bonchev–Trinajstić information content (AvgIpc) is 3.32. The highest BCUT2D eigenvalue weighted by molar-refractivity contribution is 5.92. The Labute approximate surface area is 198 Å². The van der Waals surface area contributed by atoms with Crippen LogP contribution in [-0.2, 0) is 11.2 Å². The molecule has 2 aromatic carbocycles. The third kappa shape index (κ3) is 5.50. The van der Waals surface area contributed by atoms with E-state index in [1.807, 2.05) is 72.9 Å². The van der Waals surface area contributed by atoms with Crippen molar-refractivity contribution in [3.8, 4) is 28.4 Å². The molecule has 0 saturated carbocycles. The summed E-state index contributed by atoms with van der Waals surface area (Å²) >= 11 is 0. The van der Waals surface area contributed by atoms with Crippen molar-refractivity contribution in [3.63, 3.8) is 0 Å². The first kappa shape index (κ1) is 22.8. The Morgan fingerprint density at radius 1 is 1.00 bits per heavy atom. The van der Waals surface area contributed by atoms with Crippen molar-refractivity contribution < 1.29 is 14.3 Å². The molecule has 34 heavy (non-hydrogen) atoms. The third-order valence-corrected chi connectivity index (χ3v) is 5.24. The molecule has 0 aliphatic heterocycles. The zero-order valence-electron chi connectivity index (χ0n) is 19.1. The van der Waals surface area contributed by atoms with Gasteiger partial charge in [-0.3, -0.25) is 9.78 Å². The summed E-state index contributed by atoms with van der Waals surface area (Å²) in [4.78, 5) is 16.7. The number of hydrogen-bond donors (Lipinski definition) is 1. The second-order valence-electron chi connectivity index (χ2n) is 7.48. The van der Waals surface area contributed by atoms with E-state index in [2.05, 4.69) is 10.3 Å². The number of carbonyl (C=O) groups is 1. The van der Waals surface area contributed by atoms with Gasteiger partial charge in [0.15, 0.2) is 11.5 Å². The molecule has 7 heteroatoms. The standard InChI is InChI=1S/C27H26N4O3/c1-33-24-13-11-20(18-25(24)34-2)27-21(19-31(30-27)23-9-4-3-5-10-23)12-14-26(32)29-17-15-22-8-6-7-16-28-22/h3-14,16,18-19H,15,17H2,1-2H3,(H,29,32)/b14-12+. The van der Waals surface area contributed by atoms with Gasteiger partial charge in [0.05, 0.1) is 19.9 Å². The minimum Gasteiger partial charge on any atom is -0.493 e. The summed E-state index contributed by atoms with van der Waals surface area (Å²) in [6, 6.07) is 21.2. The number of amides is 1. The van der Waals surface area contributed by atoms with Gasteiger partial charge in [-0.25, -0.2) is 4.68 Å². The average molecular weight is 455 g/mol. The molecule has 172 valence electrons. The molecule has 0 atom stereocenters. The fourth-order valence-corrected chi connectivity index (χ4v) is 3.51. The molecule has 0 spiro atoms. The van der Waals surface area contributed by atoms with E-state index in [0.29, 0.717) is 24.5 Å². The quantitative estimate of drug-likeness (QED) is 0.381. The lowest BCUT2D eigenvalue weighted by Crippen LogP contribution is -2.23. The molecule has 0 fully saturated rings. The van der Waals surface area contributed by atoms with Gasteiger partial charge in [0, 0.05) is 48.3 Å². The number of methoxy groups -OCH3 is 2. The highest BCUT2D eigenvalue weighted by Crippen LogP contribution is 2.33. The predicted molar refractivity (Wildman–Crippen MR) is 132 cm³/mol.